The molecule has 0 saturated heterocycles. The third-order valence-electron chi connectivity index (χ3n) is 3.38. The highest BCUT2D eigenvalue weighted by Crippen LogP contribution is 2.18. The Kier molecular flexibility index (Phi) is 9.46. The number of halogens is 1. The molecule has 23 heavy (non-hydrogen) atoms. The maximum Gasteiger partial charge on any atom is 0.220 e. The van der Waals surface area contributed by atoms with Crippen molar-refractivity contribution in [2.24, 2.45) is 4.99 Å². The first-order valence-corrected chi connectivity index (χ1v) is 8.70. The number of nitrogens with zero attached hydrogens (tertiary/aromatic N) is 2. The summed E-state index contributed by atoms with van der Waals surface area (Å²) in [7, 11) is 1.75. The van der Waals surface area contributed by atoms with Crippen molar-refractivity contribution in [2.45, 2.75) is 45.1 Å². The molecule has 1 aliphatic rings. The highest BCUT2D eigenvalue weighted by atomic mass is 127. The van der Waals surface area contributed by atoms with Gasteiger partial charge in [-0.1, -0.05) is 0 Å². The van der Waals surface area contributed by atoms with E-state index in [0.717, 1.165) is 55.4 Å². The number of aryl methyl sites for hydroxylation is 1. The van der Waals surface area contributed by atoms with Crippen molar-refractivity contribution < 1.29 is 4.79 Å². The van der Waals surface area contributed by atoms with Gasteiger partial charge in [-0.15, -0.1) is 35.3 Å². The van der Waals surface area contributed by atoms with Gasteiger partial charge in [0.1, 0.15) is 0 Å². The topological polar surface area (TPSA) is 78.4 Å². The number of nitrogens with one attached hydrogen (secondary N) is 3. The predicted molar refractivity (Wildman–Crippen MR) is 106 cm³/mol. The van der Waals surface area contributed by atoms with Crippen molar-refractivity contribution in [3.05, 3.63) is 16.1 Å². The monoisotopic (exact) mass is 451 g/mol. The molecule has 1 aromatic rings. The van der Waals surface area contributed by atoms with Crippen molar-refractivity contribution in [2.75, 3.05) is 20.1 Å². The molecule has 1 aromatic heterocycles. The number of thiazole rings is 1. The molecule has 0 bridgehead atoms. The van der Waals surface area contributed by atoms with Crippen LogP contribution >= 0.6 is 35.3 Å². The van der Waals surface area contributed by atoms with Gasteiger partial charge >= 0.3 is 0 Å². The Morgan fingerprint density at radius 2 is 2.13 bits per heavy atom. The minimum Gasteiger partial charge on any atom is -0.356 e. The SMILES string of the molecule is CN=C(NCCCC(=O)NC1CC1)NCCc1csc(C)n1.I. The third-order valence-corrected chi connectivity index (χ3v) is 4.20. The van der Waals surface area contributed by atoms with E-state index < -0.39 is 0 Å². The van der Waals surface area contributed by atoms with Crippen molar-refractivity contribution in [1.29, 1.82) is 0 Å². The molecular weight excluding hydrogens is 425 g/mol. The number of hydrogen-bond acceptors (Lipinski definition) is 4. The smallest absolute Gasteiger partial charge is 0.220 e. The van der Waals surface area contributed by atoms with Gasteiger partial charge in [0.2, 0.25) is 5.91 Å². The number of aliphatic imine (C=N–C) groups is 1. The lowest BCUT2D eigenvalue weighted by Gasteiger charge is -2.11. The molecule has 0 spiro atoms. The van der Waals surface area contributed by atoms with E-state index in [9.17, 15) is 4.79 Å². The second-order valence-corrected chi connectivity index (χ2v) is 6.54. The van der Waals surface area contributed by atoms with Gasteiger partial charge in [-0.05, 0) is 26.2 Å². The second kappa shape index (κ2) is 10.8. The first kappa shape index (κ1) is 20.1. The van der Waals surface area contributed by atoms with Crippen LogP contribution in [0.15, 0.2) is 10.4 Å². The summed E-state index contributed by atoms with van der Waals surface area (Å²) in [6.45, 7) is 3.56. The molecule has 0 aromatic carbocycles. The number of aromatic nitrogens is 1. The Balaban J connectivity index is 0.00000264. The average Bonchev–Trinajstić information content (AvgIpc) is 3.21. The fourth-order valence-electron chi connectivity index (χ4n) is 2.04. The predicted octanol–water partition coefficient (Wildman–Crippen LogP) is 1.84. The third kappa shape index (κ3) is 8.50. The van der Waals surface area contributed by atoms with Crippen molar-refractivity contribution in [3.63, 3.8) is 0 Å². The first-order chi connectivity index (χ1) is 10.7. The summed E-state index contributed by atoms with van der Waals surface area (Å²) in [4.78, 5) is 20.2. The van der Waals surface area contributed by atoms with E-state index >= 15 is 0 Å². The molecule has 0 atom stereocenters. The zero-order valence-corrected chi connectivity index (χ0v) is 16.9. The summed E-state index contributed by atoms with van der Waals surface area (Å²) in [5.74, 6) is 0.931. The van der Waals surface area contributed by atoms with Crippen LogP contribution in [0.25, 0.3) is 0 Å². The van der Waals surface area contributed by atoms with Crippen molar-refractivity contribution in [3.8, 4) is 0 Å². The Labute approximate surface area is 159 Å². The zero-order chi connectivity index (χ0) is 15.8. The summed E-state index contributed by atoms with van der Waals surface area (Å²) in [6.07, 6.45) is 4.54. The minimum absolute atomic E-state index is 0. The Bertz CT molecular complexity index is 516. The maximum atomic E-state index is 11.5. The van der Waals surface area contributed by atoms with E-state index in [-0.39, 0.29) is 29.9 Å². The van der Waals surface area contributed by atoms with E-state index in [1.165, 1.54) is 0 Å². The van der Waals surface area contributed by atoms with Gasteiger partial charge in [-0.3, -0.25) is 9.79 Å². The summed E-state index contributed by atoms with van der Waals surface area (Å²) in [6, 6.07) is 0.448. The van der Waals surface area contributed by atoms with Gasteiger partial charge in [-0.2, -0.15) is 0 Å². The summed E-state index contributed by atoms with van der Waals surface area (Å²) in [5.41, 5.74) is 1.11. The molecular formula is C15H26IN5OS. The fourth-order valence-corrected chi connectivity index (χ4v) is 2.68. The van der Waals surface area contributed by atoms with Crippen LogP contribution in [0.3, 0.4) is 0 Å². The Morgan fingerprint density at radius 1 is 1.39 bits per heavy atom. The zero-order valence-electron chi connectivity index (χ0n) is 13.7. The van der Waals surface area contributed by atoms with Crippen LogP contribution in [0.2, 0.25) is 0 Å². The van der Waals surface area contributed by atoms with Gasteiger partial charge in [0.15, 0.2) is 5.96 Å². The molecule has 3 N–H and O–H groups in total. The molecule has 2 rings (SSSR count). The normalized spacial score (nSPS) is 14.1. The van der Waals surface area contributed by atoms with E-state index in [1.54, 1.807) is 18.4 Å². The van der Waals surface area contributed by atoms with Gasteiger partial charge in [0.05, 0.1) is 10.7 Å². The van der Waals surface area contributed by atoms with Crippen LogP contribution in [0.1, 0.15) is 36.4 Å². The summed E-state index contributed by atoms with van der Waals surface area (Å²) < 4.78 is 0. The lowest BCUT2D eigenvalue weighted by molar-refractivity contribution is -0.121. The van der Waals surface area contributed by atoms with Crippen molar-refractivity contribution in [1.82, 2.24) is 20.9 Å². The standard InChI is InChI=1S/C15H25N5OS.HI/c1-11-19-13(10-22-11)7-9-18-15(16-2)17-8-3-4-14(21)20-12-5-6-12;/h10,12H,3-9H2,1-2H3,(H,20,21)(H2,16,17,18);1H. The average molecular weight is 451 g/mol. The van der Waals surface area contributed by atoms with Crippen LogP contribution in [-0.4, -0.2) is 43.0 Å². The van der Waals surface area contributed by atoms with Crippen LogP contribution in [0.5, 0.6) is 0 Å². The molecule has 130 valence electrons. The van der Waals surface area contributed by atoms with Gasteiger partial charge in [0, 0.05) is 44.4 Å². The molecule has 1 fully saturated rings. The number of carbonyl (C=O) groups is 1. The molecule has 1 heterocycles. The van der Waals surface area contributed by atoms with E-state index in [2.05, 4.69) is 31.3 Å². The summed E-state index contributed by atoms with van der Waals surface area (Å²) >= 11 is 1.67. The molecule has 6 nitrogen and oxygen atoms in total. The van der Waals surface area contributed by atoms with Gasteiger partial charge in [-0.25, -0.2) is 4.98 Å². The quantitative estimate of drug-likeness (QED) is 0.244. The lowest BCUT2D eigenvalue weighted by Crippen LogP contribution is -2.39. The number of rotatable bonds is 8. The van der Waals surface area contributed by atoms with E-state index in [4.69, 9.17) is 0 Å². The first-order valence-electron chi connectivity index (χ1n) is 7.82. The van der Waals surface area contributed by atoms with Crippen LogP contribution in [-0.2, 0) is 11.2 Å². The van der Waals surface area contributed by atoms with Gasteiger partial charge < -0.3 is 16.0 Å². The number of carbonyl (C=O) groups excluding carboxylic acids is 1. The molecule has 0 unspecified atom stereocenters. The van der Waals surface area contributed by atoms with E-state index in [1.807, 2.05) is 6.92 Å². The van der Waals surface area contributed by atoms with Gasteiger partial charge in [0.25, 0.3) is 0 Å². The number of amides is 1. The summed E-state index contributed by atoms with van der Waals surface area (Å²) in [5, 5.41) is 12.7. The minimum atomic E-state index is 0. The molecule has 1 aliphatic carbocycles. The molecule has 1 saturated carbocycles. The van der Waals surface area contributed by atoms with E-state index in [0.29, 0.717) is 12.5 Å². The van der Waals surface area contributed by atoms with Crippen LogP contribution < -0.4 is 16.0 Å². The molecule has 8 heteroatoms. The number of guanidine groups is 1. The largest absolute Gasteiger partial charge is 0.356 e. The maximum absolute atomic E-state index is 11.5. The molecule has 0 radical (unpaired) electrons. The van der Waals surface area contributed by atoms with Crippen LogP contribution in [0, 0.1) is 6.92 Å². The molecule has 1 amide bonds. The van der Waals surface area contributed by atoms with Crippen molar-refractivity contribution >= 4 is 47.2 Å². The Hall–Kier alpha value is -0.900. The number of hydrogen-bond donors (Lipinski definition) is 3. The lowest BCUT2D eigenvalue weighted by atomic mass is 10.3. The molecule has 0 aliphatic heterocycles. The fraction of sp³-hybridized carbons (Fsp3) is 0.667. The highest BCUT2D eigenvalue weighted by Gasteiger charge is 2.22. The Morgan fingerprint density at radius 3 is 2.74 bits per heavy atom. The second-order valence-electron chi connectivity index (χ2n) is 5.48. The van der Waals surface area contributed by atoms with Crippen LogP contribution in [0.4, 0.5) is 0 Å². The highest BCUT2D eigenvalue weighted by molar-refractivity contribution is 14.0.